The van der Waals surface area contributed by atoms with Gasteiger partial charge in [0.2, 0.25) is 0 Å². The number of amides is 2. The highest BCUT2D eigenvalue weighted by atomic mass is 16.2. The number of nitriles is 1. The van der Waals surface area contributed by atoms with E-state index in [-0.39, 0.29) is 12.5 Å². The number of nitrogens with zero attached hydrogens (tertiary/aromatic N) is 2. The van der Waals surface area contributed by atoms with Gasteiger partial charge in [-0.3, -0.25) is 4.90 Å². The largest absolute Gasteiger partial charge is 0.399 e. The lowest BCUT2D eigenvalue weighted by molar-refractivity contribution is 0.257. The molecule has 5 heteroatoms. The van der Waals surface area contributed by atoms with Crippen molar-refractivity contribution in [3.05, 3.63) is 54.6 Å². The molecule has 0 saturated heterocycles. The average molecular weight is 280 g/mol. The van der Waals surface area contributed by atoms with Crippen molar-refractivity contribution in [3.63, 3.8) is 0 Å². The number of carbonyl (C=O) groups is 1. The second kappa shape index (κ2) is 6.96. The van der Waals surface area contributed by atoms with Crippen molar-refractivity contribution >= 4 is 23.1 Å². The van der Waals surface area contributed by atoms with E-state index in [2.05, 4.69) is 11.4 Å². The molecule has 21 heavy (non-hydrogen) atoms. The van der Waals surface area contributed by atoms with Crippen LogP contribution in [0.5, 0.6) is 0 Å². The molecule has 0 fully saturated rings. The van der Waals surface area contributed by atoms with Gasteiger partial charge >= 0.3 is 6.03 Å². The van der Waals surface area contributed by atoms with Crippen LogP contribution in [0.3, 0.4) is 0 Å². The Balaban J connectivity index is 2.17. The van der Waals surface area contributed by atoms with E-state index in [0.717, 1.165) is 5.69 Å². The van der Waals surface area contributed by atoms with Gasteiger partial charge in [-0.15, -0.1) is 0 Å². The van der Waals surface area contributed by atoms with Gasteiger partial charge in [-0.1, -0.05) is 24.3 Å². The Kier molecular flexibility index (Phi) is 4.78. The minimum Gasteiger partial charge on any atom is -0.399 e. The quantitative estimate of drug-likeness (QED) is 0.843. The van der Waals surface area contributed by atoms with E-state index < -0.39 is 0 Å². The molecule has 0 bridgehead atoms. The van der Waals surface area contributed by atoms with Crippen molar-refractivity contribution in [1.29, 1.82) is 5.26 Å². The van der Waals surface area contributed by atoms with Crippen LogP contribution in [-0.2, 0) is 0 Å². The van der Waals surface area contributed by atoms with Crippen LogP contribution < -0.4 is 16.0 Å². The number of anilines is 3. The SMILES string of the molecule is N#CCCN(C(=O)Nc1cccc(N)c1)c1ccccc1. The maximum absolute atomic E-state index is 12.4. The Bertz CT molecular complexity index is 649. The van der Waals surface area contributed by atoms with E-state index >= 15 is 0 Å². The number of carbonyl (C=O) groups excluding carboxylic acids is 1. The average Bonchev–Trinajstić information content (AvgIpc) is 2.49. The molecule has 0 spiro atoms. The lowest BCUT2D eigenvalue weighted by Gasteiger charge is -2.22. The van der Waals surface area contributed by atoms with Crippen LogP contribution in [0.1, 0.15) is 6.42 Å². The number of nitrogens with one attached hydrogen (secondary N) is 1. The summed E-state index contributed by atoms with van der Waals surface area (Å²) in [6.07, 6.45) is 0.263. The molecule has 0 atom stereocenters. The van der Waals surface area contributed by atoms with Gasteiger partial charge < -0.3 is 11.1 Å². The van der Waals surface area contributed by atoms with Crippen molar-refractivity contribution in [2.75, 3.05) is 22.5 Å². The third-order valence-corrected chi connectivity index (χ3v) is 2.90. The number of para-hydroxylation sites is 1. The Labute approximate surface area is 123 Å². The van der Waals surface area contributed by atoms with Crippen molar-refractivity contribution in [2.45, 2.75) is 6.42 Å². The van der Waals surface area contributed by atoms with Crippen molar-refractivity contribution in [1.82, 2.24) is 0 Å². The molecule has 106 valence electrons. The van der Waals surface area contributed by atoms with Crippen LogP contribution in [0.2, 0.25) is 0 Å². The summed E-state index contributed by atoms with van der Waals surface area (Å²) in [6, 6.07) is 18.0. The van der Waals surface area contributed by atoms with Crippen LogP contribution in [0, 0.1) is 11.3 Å². The van der Waals surface area contributed by atoms with E-state index in [4.69, 9.17) is 11.0 Å². The van der Waals surface area contributed by atoms with E-state index in [1.165, 1.54) is 4.90 Å². The summed E-state index contributed by atoms with van der Waals surface area (Å²) in [7, 11) is 0. The first-order chi connectivity index (χ1) is 10.2. The predicted molar refractivity (Wildman–Crippen MR) is 83.9 cm³/mol. The third-order valence-electron chi connectivity index (χ3n) is 2.90. The van der Waals surface area contributed by atoms with Crippen LogP contribution in [-0.4, -0.2) is 12.6 Å². The van der Waals surface area contributed by atoms with Crippen molar-refractivity contribution < 1.29 is 4.79 Å². The van der Waals surface area contributed by atoms with Crippen molar-refractivity contribution in [2.24, 2.45) is 0 Å². The maximum atomic E-state index is 12.4. The molecule has 0 aliphatic heterocycles. The van der Waals surface area contributed by atoms with Gasteiger partial charge in [0.1, 0.15) is 0 Å². The number of nitrogens with two attached hydrogens (primary N) is 1. The molecular formula is C16H16N4O. The fourth-order valence-corrected chi connectivity index (χ4v) is 1.93. The van der Waals surface area contributed by atoms with Crippen molar-refractivity contribution in [3.8, 4) is 6.07 Å². The Morgan fingerprint density at radius 2 is 1.95 bits per heavy atom. The van der Waals surface area contributed by atoms with Gasteiger partial charge in [0, 0.05) is 23.6 Å². The number of hydrogen-bond donors (Lipinski definition) is 2. The standard InChI is InChI=1S/C16H16N4O/c17-10-5-11-20(15-8-2-1-3-9-15)16(21)19-14-7-4-6-13(18)12-14/h1-4,6-9,12H,5,11,18H2,(H,19,21). The van der Waals surface area contributed by atoms with E-state index in [9.17, 15) is 4.79 Å². The highest BCUT2D eigenvalue weighted by Gasteiger charge is 2.15. The van der Waals surface area contributed by atoms with Gasteiger partial charge in [0.15, 0.2) is 0 Å². The zero-order valence-corrected chi connectivity index (χ0v) is 11.5. The van der Waals surface area contributed by atoms with Gasteiger partial charge in [0.05, 0.1) is 12.5 Å². The zero-order chi connectivity index (χ0) is 15.1. The van der Waals surface area contributed by atoms with Crippen LogP contribution >= 0.6 is 0 Å². The summed E-state index contributed by atoms with van der Waals surface area (Å²) in [5.74, 6) is 0. The van der Waals surface area contributed by atoms with Gasteiger partial charge in [-0.05, 0) is 30.3 Å². The van der Waals surface area contributed by atoms with Gasteiger partial charge in [-0.25, -0.2) is 4.79 Å². The summed E-state index contributed by atoms with van der Waals surface area (Å²) < 4.78 is 0. The highest BCUT2D eigenvalue weighted by molar-refractivity contribution is 6.01. The summed E-state index contributed by atoms with van der Waals surface area (Å²) in [6.45, 7) is 0.328. The lowest BCUT2D eigenvalue weighted by atomic mass is 10.2. The minimum absolute atomic E-state index is 0.263. The summed E-state index contributed by atoms with van der Waals surface area (Å²) >= 11 is 0. The molecule has 2 aromatic carbocycles. The van der Waals surface area contributed by atoms with Crippen LogP contribution in [0.15, 0.2) is 54.6 Å². The molecule has 2 aromatic rings. The second-order valence-electron chi connectivity index (χ2n) is 4.45. The molecule has 2 rings (SSSR count). The summed E-state index contributed by atoms with van der Waals surface area (Å²) in [5, 5.41) is 11.5. The molecule has 3 N–H and O–H groups in total. The predicted octanol–water partition coefficient (Wildman–Crippen LogP) is 3.22. The molecule has 0 unspecified atom stereocenters. The van der Waals surface area contributed by atoms with E-state index in [0.29, 0.717) is 17.9 Å². The first-order valence-corrected chi connectivity index (χ1v) is 6.57. The second-order valence-corrected chi connectivity index (χ2v) is 4.45. The van der Waals surface area contributed by atoms with Crippen LogP contribution in [0.4, 0.5) is 21.9 Å². The minimum atomic E-state index is -0.290. The molecule has 0 heterocycles. The highest BCUT2D eigenvalue weighted by Crippen LogP contribution is 2.17. The molecule has 0 aromatic heterocycles. The number of benzene rings is 2. The Morgan fingerprint density at radius 3 is 2.62 bits per heavy atom. The van der Waals surface area contributed by atoms with E-state index in [1.807, 2.05) is 30.3 Å². The van der Waals surface area contributed by atoms with Gasteiger partial charge in [-0.2, -0.15) is 5.26 Å². The molecule has 0 aliphatic rings. The molecule has 5 nitrogen and oxygen atoms in total. The molecule has 0 radical (unpaired) electrons. The fourth-order valence-electron chi connectivity index (χ4n) is 1.93. The van der Waals surface area contributed by atoms with Gasteiger partial charge in [0.25, 0.3) is 0 Å². The number of rotatable bonds is 4. The fraction of sp³-hybridized carbons (Fsp3) is 0.125. The smallest absolute Gasteiger partial charge is 0.326 e. The monoisotopic (exact) mass is 280 g/mol. The summed E-state index contributed by atoms with van der Waals surface area (Å²) in [4.78, 5) is 13.9. The number of nitrogen functional groups attached to an aromatic ring is 1. The molecular weight excluding hydrogens is 264 g/mol. The Hall–Kier alpha value is -3.00. The first kappa shape index (κ1) is 14.4. The number of hydrogen-bond acceptors (Lipinski definition) is 3. The summed E-state index contributed by atoms with van der Waals surface area (Å²) in [5.41, 5.74) is 7.64. The number of urea groups is 1. The normalized spacial score (nSPS) is 9.67. The first-order valence-electron chi connectivity index (χ1n) is 6.57. The zero-order valence-electron chi connectivity index (χ0n) is 11.5. The lowest BCUT2D eigenvalue weighted by Crippen LogP contribution is -2.35. The molecule has 0 aliphatic carbocycles. The third kappa shape index (κ3) is 3.98. The maximum Gasteiger partial charge on any atom is 0.326 e. The molecule has 2 amide bonds. The Morgan fingerprint density at radius 1 is 1.19 bits per heavy atom. The van der Waals surface area contributed by atoms with E-state index in [1.54, 1.807) is 24.3 Å². The van der Waals surface area contributed by atoms with Crippen LogP contribution in [0.25, 0.3) is 0 Å². The molecule has 0 saturated carbocycles. The topological polar surface area (TPSA) is 82.2 Å².